The normalized spacial score (nSPS) is 11.3. The number of halogens is 2. The van der Waals surface area contributed by atoms with Crippen LogP contribution in [-0.4, -0.2) is 19.5 Å². The molecule has 1 heterocycles. The average Bonchev–Trinajstić information content (AvgIpc) is 2.79. The van der Waals surface area contributed by atoms with Gasteiger partial charge in [-0.25, -0.2) is 13.2 Å². The van der Waals surface area contributed by atoms with Crippen molar-refractivity contribution in [1.82, 2.24) is 0 Å². The number of carboxylic acids is 1. The summed E-state index contributed by atoms with van der Waals surface area (Å²) >= 11 is 12.4. The van der Waals surface area contributed by atoms with Crippen LogP contribution in [0.4, 0.5) is 5.69 Å². The first-order chi connectivity index (χ1) is 9.29. The molecule has 5 nitrogen and oxygen atoms in total. The molecule has 20 heavy (non-hydrogen) atoms. The van der Waals surface area contributed by atoms with E-state index in [4.69, 9.17) is 28.3 Å². The van der Waals surface area contributed by atoms with Crippen LogP contribution in [0.15, 0.2) is 34.5 Å². The van der Waals surface area contributed by atoms with E-state index in [2.05, 4.69) is 4.72 Å². The Morgan fingerprint density at radius 3 is 2.45 bits per heavy atom. The predicted octanol–water partition coefficient (Wildman–Crippen LogP) is 3.55. The Morgan fingerprint density at radius 1 is 1.20 bits per heavy atom. The van der Waals surface area contributed by atoms with Gasteiger partial charge in [0.05, 0.1) is 20.6 Å². The van der Waals surface area contributed by atoms with Gasteiger partial charge in [-0.15, -0.1) is 11.3 Å². The molecule has 1 aromatic heterocycles. The summed E-state index contributed by atoms with van der Waals surface area (Å²) in [6.07, 6.45) is 0. The second-order valence-corrected chi connectivity index (χ2v) is 7.70. The standard InChI is InChI=1S/C11H7Cl2NO4S2/c12-7-2-1-6(11(15)16)5-8(7)14-20(17,18)10-4-3-9(13)19-10/h1-5,14H,(H,15,16). The van der Waals surface area contributed by atoms with Crippen molar-refractivity contribution in [3.05, 3.63) is 45.3 Å². The first-order valence-electron chi connectivity index (χ1n) is 5.10. The molecule has 2 aromatic rings. The number of thiophene rings is 1. The predicted molar refractivity (Wildman–Crippen MR) is 78.5 cm³/mol. The average molecular weight is 352 g/mol. The first-order valence-corrected chi connectivity index (χ1v) is 8.16. The van der Waals surface area contributed by atoms with Crippen LogP contribution in [0.3, 0.4) is 0 Å². The smallest absolute Gasteiger partial charge is 0.335 e. The summed E-state index contributed by atoms with van der Waals surface area (Å²) < 4.78 is 26.7. The molecule has 0 aliphatic rings. The Labute approximate surface area is 128 Å². The van der Waals surface area contributed by atoms with E-state index in [9.17, 15) is 13.2 Å². The number of benzene rings is 1. The molecule has 106 valence electrons. The lowest BCUT2D eigenvalue weighted by Gasteiger charge is -2.08. The highest BCUT2D eigenvalue weighted by molar-refractivity contribution is 7.94. The van der Waals surface area contributed by atoms with E-state index in [0.29, 0.717) is 4.34 Å². The first kappa shape index (κ1) is 15.1. The summed E-state index contributed by atoms with van der Waals surface area (Å²) in [5, 5.41) is 8.98. The molecular formula is C11H7Cl2NO4S2. The Bertz CT molecular complexity index is 770. The molecule has 0 spiro atoms. The van der Waals surface area contributed by atoms with Gasteiger partial charge in [0, 0.05) is 0 Å². The topological polar surface area (TPSA) is 83.5 Å². The van der Waals surface area contributed by atoms with Gasteiger partial charge in [-0.3, -0.25) is 4.72 Å². The number of nitrogens with one attached hydrogen (secondary N) is 1. The molecule has 9 heteroatoms. The number of carbonyl (C=O) groups is 1. The quantitative estimate of drug-likeness (QED) is 0.881. The zero-order chi connectivity index (χ0) is 14.9. The third kappa shape index (κ3) is 3.24. The molecule has 0 aliphatic carbocycles. The minimum atomic E-state index is -3.85. The summed E-state index contributed by atoms with van der Waals surface area (Å²) in [4.78, 5) is 10.9. The molecule has 1 aromatic carbocycles. The van der Waals surface area contributed by atoms with Crippen LogP contribution < -0.4 is 4.72 Å². The largest absolute Gasteiger partial charge is 0.478 e. The van der Waals surface area contributed by atoms with Crippen molar-refractivity contribution in [1.29, 1.82) is 0 Å². The second kappa shape index (κ2) is 5.61. The zero-order valence-electron chi connectivity index (χ0n) is 9.63. The molecule has 0 saturated carbocycles. The maximum Gasteiger partial charge on any atom is 0.335 e. The van der Waals surface area contributed by atoms with Crippen LogP contribution in [0, 0.1) is 0 Å². The van der Waals surface area contributed by atoms with E-state index in [0.717, 1.165) is 17.4 Å². The highest BCUT2D eigenvalue weighted by Gasteiger charge is 2.19. The van der Waals surface area contributed by atoms with Gasteiger partial charge in [-0.05, 0) is 30.3 Å². The molecule has 0 aliphatic heterocycles. The van der Waals surface area contributed by atoms with Crippen molar-refractivity contribution in [3.8, 4) is 0 Å². The lowest BCUT2D eigenvalue weighted by atomic mass is 10.2. The van der Waals surface area contributed by atoms with Crippen LogP contribution in [0.2, 0.25) is 9.36 Å². The number of aromatic carboxylic acids is 1. The van der Waals surface area contributed by atoms with Gasteiger partial charge in [-0.2, -0.15) is 0 Å². The second-order valence-electron chi connectivity index (χ2n) is 3.66. The SMILES string of the molecule is O=C(O)c1ccc(Cl)c(NS(=O)(=O)c2ccc(Cl)s2)c1. The number of rotatable bonds is 4. The molecule has 0 amide bonds. The number of sulfonamides is 1. The summed E-state index contributed by atoms with van der Waals surface area (Å²) in [7, 11) is -3.85. The molecule has 0 radical (unpaired) electrons. The molecule has 2 rings (SSSR count). The number of anilines is 1. The number of hydrogen-bond donors (Lipinski definition) is 2. The minimum Gasteiger partial charge on any atom is -0.478 e. The fourth-order valence-electron chi connectivity index (χ4n) is 1.37. The molecule has 0 bridgehead atoms. The summed E-state index contributed by atoms with van der Waals surface area (Å²) in [5.41, 5.74) is -0.0765. The zero-order valence-corrected chi connectivity index (χ0v) is 12.8. The van der Waals surface area contributed by atoms with Crippen LogP contribution in [0.25, 0.3) is 0 Å². The lowest BCUT2D eigenvalue weighted by Crippen LogP contribution is -2.12. The van der Waals surface area contributed by atoms with E-state index in [1.54, 1.807) is 0 Å². The van der Waals surface area contributed by atoms with Gasteiger partial charge in [0.15, 0.2) is 0 Å². The van der Waals surface area contributed by atoms with Gasteiger partial charge >= 0.3 is 5.97 Å². The van der Waals surface area contributed by atoms with E-state index < -0.39 is 16.0 Å². The highest BCUT2D eigenvalue weighted by Crippen LogP contribution is 2.30. The van der Waals surface area contributed by atoms with E-state index in [-0.39, 0.29) is 20.5 Å². The Balaban J connectivity index is 2.39. The van der Waals surface area contributed by atoms with Crippen molar-refractivity contribution in [2.24, 2.45) is 0 Å². The fourth-order valence-corrected chi connectivity index (χ4v) is 4.15. The van der Waals surface area contributed by atoms with E-state index >= 15 is 0 Å². The molecular weight excluding hydrogens is 345 g/mol. The summed E-state index contributed by atoms with van der Waals surface area (Å²) in [6, 6.07) is 6.55. The maximum absolute atomic E-state index is 12.1. The molecule has 0 atom stereocenters. The highest BCUT2D eigenvalue weighted by atomic mass is 35.5. The molecule has 0 unspecified atom stereocenters. The van der Waals surface area contributed by atoms with Crippen LogP contribution in [0.5, 0.6) is 0 Å². The number of carboxylic acid groups (broad SMARTS) is 1. The molecule has 2 N–H and O–H groups in total. The lowest BCUT2D eigenvalue weighted by molar-refractivity contribution is 0.0697. The van der Waals surface area contributed by atoms with Gasteiger partial charge in [-0.1, -0.05) is 23.2 Å². The third-order valence-electron chi connectivity index (χ3n) is 2.27. The van der Waals surface area contributed by atoms with Gasteiger partial charge in [0.1, 0.15) is 4.21 Å². The molecule has 0 saturated heterocycles. The Morgan fingerprint density at radius 2 is 1.90 bits per heavy atom. The third-order valence-corrected chi connectivity index (χ3v) is 5.69. The number of hydrogen-bond acceptors (Lipinski definition) is 4. The van der Waals surface area contributed by atoms with Crippen LogP contribution in [0.1, 0.15) is 10.4 Å². The maximum atomic E-state index is 12.1. The van der Waals surface area contributed by atoms with Crippen LogP contribution >= 0.6 is 34.5 Å². The fraction of sp³-hybridized carbons (Fsp3) is 0. The molecule has 0 fully saturated rings. The van der Waals surface area contributed by atoms with Crippen molar-refractivity contribution in [2.45, 2.75) is 4.21 Å². The Hall–Kier alpha value is -1.28. The van der Waals surface area contributed by atoms with Gasteiger partial charge < -0.3 is 5.11 Å². The monoisotopic (exact) mass is 351 g/mol. The van der Waals surface area contributed by atoms with Crippen molar-refractivity contribution in [2.75, 3.05) is 4.72 Å². The van der Waals surface area contributed by atoms with E-state index in [1.807, 2.05) is 0 Å². The van der Waals surface area contributed by atoms with E-state index in [1.165, 1.54) is 24.3 Å². The minimum absolute atomic E-state index is 0.00362. The van der Waals surface area contributed by atoms with Crippen LogP contribution in [-0.2, 0) is 10.0 Å². The van der Waals surface area contributed by atoms with Crippen molar-refractivity contribution in [3.63, 3.8) is 0 Å². The summed E-state index contributed by atoms with van der Waals surface area (Å²) in [6.45, 7) is 0. The Kier molecular flexibility index (Phi) is 4.24. The van der Waals surface area contributed by atoms with Gasteiger partial charge in [0.25, 0.3) is 10.0 Å². The van der Waals surface area contributed by atoms with Crippen molar-refractivity contribution < 1.29 is 18.3 Å². The van der Waals surface area contributed by atoms with Gasteiger partial charge in [0.2, 0.25) is 0 Å². The summed E-state index contributed by atoms with van der Waals surface area (Å²) in [5.74, 6) is -1.18. The van der Waals surface area contributed by atoms with Crippen molar-refractivity contribution >= 4 is 56.2 Å².